The van der Waals surface area contributed by atoms with E-state index in [9.17, 15) is 14.4 Å². The number of rotatable bonds is 5. The first-order chi connectivity index (χ1) is 12.0. The quantitative estimate of drug-likeness (QED) is 0.670. The molecule has 0 saturated carbocycles. The SMILES string of the molecule is CC(=O)c1ccc(C(=O)Nc2nc(-c3ccccc3)c(C(C)=O)s2)s1. The standard InChI is InChI=1S/C18H14N2O3S2/c1-10(21)13-8-9-14(24-13)17(23)20-18-19-15(16(25-18)11(2)22)12-6-4-3-5-7-12/h3-9H,1-2H3,(H,19,20,23). The van der Waals surface area contributed by atoms with Crippen LogP contribution in [0.15, 0.2) is 42.5 Å². The van der Waals surface area contributed by atoms with Crippen molar-refractivity contribution in [1.29, 1.82) is 0 Å². The summed E-state index contributed by atoms with van der Waals surface area (Å²) in [5.41, 5.74) is 1.38. The monoisotopic (exact) mass is 370 g/mol. The minimum absolute atomic E-state index is 0.0801. The molecule has 0 atom stereocenters. The van der Waals surface area contributed by atoms with Crippen molar-refractivity contribution < 1.29 is 14.4 Å². The van der Waals surface area contributed by atoms with E-state index in [1.165, 1.54) is 13.8 Å². The van der Waals surface area contributed by atoms with Gasteiger partial charge in [-0.2, -0.15) is 0 Å². The fourth-order valence-corrected chi connectivity index (χ4v) is 3.89. The molecular weight excluding hydrogens is 356 g/mol. The summed E-state index contributed by atoms with van der Waals surface area (Å²) in [4.78, 5) is 41.5. The summed E-state index contributed by atoms with van der Waals surface area (Å²) in [7, 11) is 0. The smallest absolute Gasteiger partial charge is 0.267 e. The van der Waals surface area contributed by atoms with Gasteiger partial charge >= 0.3 is 0 Å². The van der Waals surface area contributed by atoms with Gasteiger partial charge in [0.1, 0.15) is 0 Å². The Balaban J connectivity index is 1.89. The highest BCUT2D eigenvalue weighted by molar-refractivity contribution is 7.18. The zero-order valence-electron chi connectivity index (χ0n) is 13.5. The van der Waals surface area contributed by atoms with Crippen molar-refractivity contribution >= 4 is 45.3 Å². The van der Waals surface area contributed by atoms with Crippen LogP contribution in [0.4, 0.5) is 5.13 Å². The highest BCUT2D eigenvalue weighted by Crippen LogP contribution is 2.32. The van der Waals surface area contributed by atoms with Crippen molar-refractivity contribution in [3.05, 3.63) is 57.1 Å². The maximum Gasteiger partial charge on any atom is 0.267 e. The van der Waals surface area contributed by atoms with E-state index in [0.29, 0.717) is 25.5 Å². The van der Waals surface area contributed by atoms with Crippen LogP contribution in [0.1, 0.15) is 42.9 Å². The Bertz CT molecular complexity index is 958. The number of anilines is 1. The lowest BCUT2D eigenvalue weighted by Crippen LogP contribution is -2.09. The molecule has 0 saturated heterocycles. The van der Waals surface area contributed by atoms with Crippen LogP contribution in [0.5, 0.6) is 0 Å². The lowest BCUT2D eigenvalue weighted by atomic mass is 10.1. The average Bonchev–Trinajstić information content (AvgIpc) is 3.23. The summed E-state index contributed by atoms with van der Waals surface area (Å²) >= 11 is 2.27. The lowest BCUT2D eigenvalue weighted by Gasteiger charge is -1.99. The number of thiazole rings is 1. The number of Topliss-reactive ketones (excluding diaryl/α,β-unsaturated/α-hetero) is 2. The average molecular weight is 370 g/mol. The third-order valence-corrected chi connectivity index (χ3v) is 5.65. The summed E-state index contributed by atoms with van der Waals surface area (Å²) in [6.45, 7) is 2.93. The molecular formula is C18H14N2O3S2. The molecule has 0 aliphatic carbocycles. The van der Waals surface area contributed by atoms with Gasteiger partial charge in [-0.3, -0.25) is 19.7 Å². The molecule has 1 N–H and O–H groups in total. The summed E-state index contributed by atoms with van der Waals surface area (Å²) in [5.74, 6) is -0.531. The van der Waals surface area contributed by atoms with Gasteiger partial charge < -0.3 is 0 Å². The van der Waals surface area contributed by atoms with Gasteiger partial charge in [0, 0.05) is 12.5 Å². The van der Waals surface area contributed by atoms with E-state index < -0.39 is 0 Å². The fraction of sp³-hybridized carbons (Fsp3) is 0.111. The molecule has 1 amide bonds. The number of nitrogens with zero attached hydrogens (tertiary/aromatic N) is 1. The highest BCUT2D eigenvalue weighted by atomic mass is 32.1. The van der Waals surface area contributed by atoms with Crippen LogP contribution in [-0.2, 0) is 0 Å². The van der Waals surface area contributed by atoms with Gasteiger partial charge in [0.05, 0.1) is 20.3 Å². The number of nitrogens with one attached hydrogen (secondary N) is 1. The van der Waals surface area contributed by atoms with E-state index in [0.717, 1.165) is 28.2 Å². The predicted octanol–water partition coefficient (Wildman–Crippen LogP) is 4.53. The molecule has 0 fully saturated rings. The van der Waals surface area contributed by atoms with E-state index in [-0.39, 0.29) is 17.5 Å². The van der Waals surface area contributed by atoms with Gasteiger partial charge in [0.2, 0.25) is 0 Å². The van der Waals surface area contributed by atoms with Crippen LogP contribution in [-0.4, -0.2) is 22.5 Å². The zero-order chi connectivity index (χ0) is 18.0. The molecule has 126 valence electrons. The topological polar surface area (TPSA) is 76.1 Å². The fourth-order valence-electron chi connectivity index (χ4n) is 2.21. The van der Waals surface area contributed by atoms with Crippen molar-refractivity contribution in [1.82, 2.24) is 4.98 Å². The molecule has 7 heteroatoms. The Morgan fingerprint density at radius 1 is 0.880 bits per heavy atom. The molecule has 5 nitrogen and oxygen atoms in total. The second-order valence-corrected chi connectivity index (χ2v) is 7.38. The van der Waals surface area contributed by atoms with Gasteiger partial charge in [0.15, 0.2) is 16.7 Å². The third kappa shape index (κ3) is 3.72. The Morgan fingerprint density at radius 3 is 2.16 bits per heavy atom. The van der Waals surface area contributed by atoms with Crippen LogP contribution in [0, 0.1) is 0 Å². The second kappa shape index (κ2) is 7.08. The van der Waals surface area contributed by atoms with E-state index in [1.807, 2.05) is 30.3 Å². The van der Waals surface area contributed by atoms with Gasteiger partial charge in [-0.15, -0.1) is 11.3 Å². The molecule has 0 aliphatic rings. The molecule has 0 unspecified atom stereocenters. The molecule has 3 rings (SSSR count). The third-order valence-electron chi connectivity index (χ3n) is 3.39. The molecule has 0 bridgehead atoms. The van der Waals surface area contributed by atoms with Gasteiger partial charge in [-0.05, 0) is 19.1 Å². The zero-order valence-corrected chi connectivity index (χ0v) is 15.2. The number of hydrogen-bond donors (Lipinski definition) is 1. The van der Waals surface area contributed by atoms with Crippen LogP contribution >= 0.6 is 22.7 Å². The maximum absolute atomic E-state index is 12.3. The van der Waals surface area contributed by atoms with Crippen molar-refractivity contribution in [2.45, 2.75) is 13.8 Å². The largest absolute Gasteiger partial charge is 0.297 e. The number of thiophene rings is 1. The first-order valence-corrected chi connectivity index (χ1v) is 9.08. The highest BCUT2D eigenvalue weighted by Gasteiger charge is 2.19. The molecule has 0 spiro atoms. The first kappa shape index (κ1) is 17.2. The minimum Gasteiger partial charge on any atom is -0.297 e. The second-order valence-electron chi connectivity index (χ2n) is 5.29. The van der Waals surface area contributed by atoms with Crippen molar-refractivity contribution in [3.8, 4) is 11.3 Å². The molecule has 2 heterocycles. The van der Waals surface area contributed by atoms with E-state index >= 15 is 0 Å². The molecule has 1 aromatic carbocycles. The van der Waals surface area contributed by atoms with E-state index in [4.69, 9.17) is 0 Å². The molecule has 2 aromatic heterocycles. The Morgan fingerprint density at radius 2 is 1.56 bits per heavy atom. The number of amides is 1. The van der Waals surface area contributed by atoms with Gasteiger partial charge in [-0.1, -0.05) is 41.7 Å². The van der Waals surface area contributed by atoms with Gasteiger partial charge in [-0.25, -0.2) is 4.98 Å². The first-order valence-electron chi connectivity index (χ1n) is 7.45. The molecule has 0 radical (unpaired) electrons. The number of aromatic nitrogens is 1. The van der Waals surface area contributed by atoms with Crippen molar-refractivity contribution in [3.63, 3.8) is 0 Å². The summed E-state index contributed by atoms with van der Waals surface area (Å²) in [5, 5.41) is 3.06. The number of ketones is 2. The summed E-state index contributed by atoms with van der Waals surface area (Å²) in [6, 6.07) is 12.6. The number of carbonyl (C=O) groups is 3. The molecule has 0 aliphatic heterocycles. The molecule has 25 heavy (non-hydrogen) atoms. The van der Waals surface area contributed by atoms with E-state index in [1.54, 1.807) is 12.1 Å². The van der Waals surface area contributed by atoms with Crippen molar-refractivity contribution in [2.75, 3.05) is 5.32 Å². The Hall–Kier alpha value is -2.64. The van der Waals surface area contributed by atoms with Crippen molar-refractivity contribution in [2.24, 2.45) is 0 Å². The van der Waals surface area contributed by atoms with E-state index in [2.05, 4.69) is 10.3 Å². The minimum atomic E-state index is -0.346. The summed E-state index contributed by atoms with van der Waals surface area (Å²) < 4.78 is 0. The normalized spacial score (nSPS) is 10.5. The maximum atomic E-state index is 12.3. The van der Waals surface area contributed by atoms with Crippen LogP contribution < -0.4 is 5.32 Å². The van der Waals surface area contributed by atoms with Crippen LogP contribution in [0.3, 0.4) is 0 Å². The Kier molecular flexibility index (Phi) is 4.87. The number of hydrogen-bond acceptors (Lipinski definition) is 6. The summed E-state index contributed by atoms with van der Waals surface area (Å²) in [6.07, 6.45) is 0. The molecule has 3 aromatic rings. The number of carbonyl (C=O) groups excluding carboxylic acids is 3. The predicted molar refractivity (Wildman–Crippen MR) is 99.8 cm³/mol. The lowest BCUT2D eigenvalue weighted by molar-refractivity contribution is 0.101. The van der Waals surface area contributed by atoms with Gasteiger partial charge in [0.25, 0.3) is 5.91 Å². The Labute approximate surface area is 152 Å². The van der Waals surface area contributed by atoms with Crippen LogP contribution in [0.2, 0.25) is 0 Å². The van der Waals surface area contributed by atoms with Crippen LogP contribution in [0.25, 0.3) is 11.3 Å². The number of benzene rings is 1.